The average Bonchev–Trinajstić information content (AvgIpc) is 3.77. The first-order valence-electron chi connectivity index (χ1n) is 14.9. The smallest absolute Gasteiger partial charge is 0.242 e. The molecule has 2 heterocycles. The second-order valence-corrected chi connectivity index (χ2v) is 11.5. The molecule has 1 saturated carbocycles. The SMILES string of the molecule is CN(C)c1ccc(CN(CCc2c[nH]c3ccccc23)C(=O)CN(Cc2ccco2)C(=O)CCC2CCCC2)cc1. The van der Waals surface area contributed by atoms with E-state index in [-0.39, 0.29) is 18.4 Å². The van der Waals surface area contributed by atoms with Gasteiger partial charge in [-0.05, 0) is 60.2 Å². The Balaban J connectivity index is 1.32. The number of nitrogens with one attached hydrogen (secondary N) is 1. The van der Waals surface area contributed by atoms with Crippen LogP contribution >= 0.6 is 0 Å². The molecule has 0 spiro atoms. The fraction of sp³-hybridized carbons (Fsp3) is 0.412. The average molecular weight is 555 g/mol. The van der Waals surface area contributed by atoms with E-state index in [1.165, 1.54) is 36.6 Å². The van der Waals surface area contributed by atoms with Crippen LogP contribution in [0.25, 0.3) is 10.9 Å². The lowest BCUT2D eigenvalue weighted by Crippen LogP contribution is -2.43. The number of hydrogen-bond acceptors (Lipinski definition) is 4. The van der Waals surface area contributed by atoms with Crippen molar-refractivity contribution in [3.63, 3.8) is 0 Å². The molecule has 2 aromatic carbocycles. The minimum absolute atomic E-state index is 0.0218. The third kappa shape index (κ3) is 7.60. The van der Waals surface area contributed by atoms with Crippen molar-refractivity contribution < 1.29 is 14.0 Å². The topological polar surface area (TPSA) is 72.8 Å². The van der Waals surface area contributed by atoms with Gasteiger partial charge in [0, 0.05) is 56.4 Å². The van der Waals surface area contributed by atoms with Crippen molar-refractivity contribution >= 4 is 28.4 Å². The van der Waals surface area contributed by atoms with Crippen LogP contribution in [0.5, 0.6) is 0 Å². The van der Waals surface area contributed by atoms with E-state index < -0.39 is 0 Å². The van der Waals surface area contributed by atoms with Crippen LogP contribution in [0.4, 0.5) is 5.69 Å². The van der Waals surface area contributed by atoms with Crippen LogP contribution in [0, 0.1) is 5.92 Å². The number of para-hydroxylation sites is 1. The zero-order chi connectivity index (χ0) is 28.6. The van der Waals surface area contributed by atoms with E-state index in [4.69, 9.17) is 4.42 Å². The highest BCUT2D eigenvalue weighted by Crippen LogP contribution is 2.29. The first kappa shape index (κ1) is 28.5. The molecule has 0 bridgehead atoms. The number of carbonyl (C=O) groups excluding carboxylic acids is 2. The van der Waals surface area contributed by atoms with Gasteiger partial charge < -0.3 is 24.1 Å². The van der Waals surface area contributed by atoms with Crippen LogP contribution in [0.1, 0.15) is 55.4 Å². The summed E-state index contributed by atoms with van der Waals surface area (Å²) in [4.78, 5) is 36.4. The van der Waals surface area contributed by atoms with E-state index in [2.05, 4.69) is 46.3 Å². The van der Waals surface area contributed by atoms with E-state index >= 15 is 0 Å². The number of H-pyrrole nitrogens is 1. The highest BCUT2D eigenvalue weighted by molar-refractivity contribution is 5.85. The number of nitrogens with zero attached hydrogens (tertiary/aromatic N) is 3. The maximum atomic E-state index is 13.9. The van der Waals surface area contributed by atoms with Gasteiger partial charge in [-0.3, -0.25) is 9.59 Å². The lowest BCUT2D eigenvalue weighted by molar-refractivity contribution is -0.141. The summed E-state index contributed by atoms with van der Waals surface area (Å²) in [5.74, 6) is 1.28. The Hall–Kier alpha value is -4.00. The van der Waals surface area contributed by atoms with Gasteiger partial charge in [0.25, 0.3) is 0 Å². The highest BCUT2D eigenvalue weighted by atomic mass is 16.3. The van der Waals surface area contributed by atoms with Gasteiger partial charge >= 0.3 is 0 Å². The number of carbonyl (C=O) groups is 2. The van der Waals surface area contributed by atoms with Gasteiger partial charge in [0.2, 0.25) is 11.8 Å². The molecule has 1 aliphatic rings. The Labute approximate surface area is 243 Å². The van der Waals surface area contributed by atoms with Crippen molar-refractivity contribution in [3.05, 3.63) is 90.0 Å². The van der Waals surface area contributed by atoms with Crippen molar-refractivity contribution in [1.82, 2.24) is 14.8 Å². The summed E-state index contributed by atoms with van der Waals surface area (Å²) in [5.41, 5.74) is 4.45. The molecule has 0 aliphatic heterocycles. The lowest BCUT2D eigenvalue weighted by atomic mass is 10.0. The molecule has 1 aliphatic carbocycles. The van der Waals surface area contributed by atoms with Crippen LogP contribution in [-0.2, 0) is 29.1 Å². The van der Waals surface area contributed by atoms with Crippen LogP contribution in [-0.4, -0.2) is 53.8 Å². The number of benzene rings is 2. The molecule has 216 valence electrons. The molecule has 1 N–H and O–H groups in total. The third-order valence-corrected chi connectivity index (χ3v) is 8.35. The normalized spacial score (nSPS) is 13.5. The highest BCUT2D eigenvalue weighted by Gasteiger charge is 2.24. The molecule has 0 radical (unpaired) electrons. The zero-order valence-electron chi connectivity index (χ0n) is 24.4. The van der Waals surface area contributed by atoms with E-state index in [9.17, 15) is 9.59 Å². The Morgan fingerprint density at radius 2 is 1.68 bits per heavy atom. The first-order chi connectivity index (χ1) is 20.0. The number of furan rings is 1. The number of amides is 2. The van der Waals surface area contributed by atoms with Crippen molar-refractivity contribution in [2.75, 3.05) is 32.1 Å². The molecule has 0 atom stereocenters. The minimum atomic E-state index is -0.0534. The fourth-order valence-electron chi connectivity index (χ4n) is 5.88. The van der Waals surface area contributed by atoms with Crippen LogP contribution in [0.15, 0.2) is 77.5 Å². The van der Waals surface area contributed by atoms with Gasteiger partial charge in [-0.15, -0.1) is 0 Å². The predicted molar refractivity (Wildman–Crippen MR) is 164 cm³/mol. The maximum Gasteiger partial charge on any atom is 0.242 e. The Bertz CT molecular complexity index is 1400. The standard InChI is InChI=1S/C34H42N4O3/c1-36(2)29-16-13-27(14-17-29)23-37(20-19-28-22-35-32-12-6-5-11-31(28)32)34(40)25-38(24-30-10-7-21-41-30)33(39)18-15-26-8-3-4-9-26/h5-7,10-14,16-17,21-22,26,35H,3-4,8-9,15,18-20,23-25H2,1-2H3. The minimum Gasteiger partial charge on any atom is -0.467 e. The third-order valence-electron chi connectivity index (χ3n) is 8.35. The molecule has 1 fully saturated rings. The quantitative estimate of drug-likeness (QED) is 0.208. The largest absolute Gasteiger partial charge is 0.467 e. The van der Waals surface area contributed by atoms with Crippen molar-refractivity contribution in [2.24, 2.45) is 5.92 Å². The molecule has 7 heteroatoms. The zero-order valence-corrected chi connectivity index (χ0v) is 24.4. The molecule has 2 amide bonds. The van der Waals surface area contributed by atoms with Crippen molar-refractivity contribution in [1.29, 1.82) is 0 Å². The van der Waals surface area contributed by atoms with Gasteiger partial charge in [-0.1, -0.05) is 56.0 Å². The fourth-order valence-corrected chi connectivity index (χ4v) is 5.88. The summed E-state index contributed by atoms with van der Waals surface area (Å²) >= 11 is 0. The van der Waals surface area contributed by atoms with Crippen LogP contribution < -0.4 is 4.90 Å². The van der Waals surface area contributed by atoms with Crippen molar-refractivity contribution in [2.45, 2.75) is 58.0 Å². The molecule has 0 saturated heterocycles. The molecule has 4 aromatic rings. The number of aromatic amines is 1. The van der Waals surface area contributed by atoms with E-state index in [0.29, 0.717) is 37.7 Å². The maximum absolute atomic E-state index is 13.9. The molecule has 41 heavy (non-hydrogen) atoms. The monoisotopic (exact) mass is 554 g/mol. The first-order valence-corrected chi connectivity index (χ1v) is 14.9. The number of aromatic nitrogens is 1. The predicted octanol–water partition coefficient (Wildman–Crippen LogP) is 6.40. The second-order valence-electron chi connectivity index (χ2n) is 11.5. The lowest BCUT2D eigenvalue weighted by Gasteiger charge is -2.28. The van der Waals surface area contributed by atoms with E-state index in [1.54, 1.807) is 11.2 Å². The number of anilines is 1. The van der Waals surface area contributed by atoms with Gasteiger partial charge in [0.1, 0.15) is 12.3 Å². The van der Waals surface area contributed by atoms with E-state index in [0.717, 1.165) is 29.6 Å². The summed E-state index contributed by atoms with van der Waals surface area (Å²) in [5, 5.41) is 1.18. The Morgan fingerprint density at radius 1 is 0.902 bits per heavy atom. The summed E-state index contributed by atoms with van der Waals surface area (Å²) < 4.78 is 5.57. The number of hydrogen-bond donors (Lipinski definition) is 1. The number of rotatable bonds is 13. The number of fused-ring (bicyclic) bond motifs is 1. The van der Waals surface area contributed by atoms with E-state index in [1.807, 2.05) is 49.5 Å². The molecule has 2 aromatic heterocycles. The van der Waals surface area contributed by atoms with Crippen LogP contribution in [0.3, 0.4) is 0 Å². The molecular weight excluding hydrogens is 512 g/mol. The summed E-state index contributed by atoms with van der Waals surface area (Å²) in [6.45, 7) is 1.38. The summed E-state index contributed by atoms with van der Waals surface area (Å²) in [6, 6.07) is 20.2. The van der Waals surface area contributed by atoms with Gasteiger partial charge in [0.05, 0.1) is 12.8 Å². The molecule has 5 rings (SSSR count). The summed E-state index contributed by atoms with van der Waals surface area (Å²) in [7, 11) is 4.03. The Morgan fingerprint density at radius 3 is 2.41 bits per heavy atom. The molecule has 0 unspecified atom stereocenters. The van der Waals surface area contributed by atoms with Gasteiger partial charge in [-0.2, -0.15) is 0 Å². The van der Waals surface area contributed by atoms with Crippen molar-refractivity contribution in [3.8, 4) is 0 Å². The second kappa shape index (κ2) is 13.6. The molecular formula is C34H42N4O3. The molecule has 7 nitrogen and oxygen atoms in total. The van der Waals surface area contributed by atoms with Crippen LogP contribution in [0.2, 0.25) is 0 Å². The Kier molecular flexibility index (Phi) is 9.44. The van der Waals surface area contributed by atoms with Gasteiger partial charge in [0.15, 0.2) is 0 Å². The summed E-state index contributed by atoms with van der Waals surface area (Å²) in [6.07, 6.45) is 10.7. The van der Waals surface area contributed by atoms with Gasteiger partial charge in [-0.25, -0.2) is 0 Å².